The molecule has 0 unspecified atom stereocenters. The number of nitrogens with zero attached hydrogens (tertiary/aromatic N) is 3. The number of hydrogen-bond acceptors (Lipinski definition) is 4. The van der Waals surface area contributed by atoms with Crippen LogP contribution in [0.5, 0.6) is 0 Å². The maximum Gasteiger partial charge on any atom is 0.161 e. The summed E-state index contributed by atoms with van der Waals surface area (Å²) < 4.78 is 12.6. The highest BCUT2D eigenvalue weighted by atomic mass is 16.3. The Morgan fingerprint density at radius 1 is 0.466 bits per heavy atom. The van der Waals surface area contributed by atoms with Crippen LogP contribution in [-0.2, 0) is 0 Å². The fraction of sp³-hybridized carbons (Fsp3) is 0. The topological polar surface area (TPSA) is 87.7 Å². The summed E-state index contributed by atoms with van der Waals surface area (Å²) in [7, 11) is 0. The van der Waals surface area contributed by atoms with E-state index in [4.69, 9.17) is 23.8 Å². The summed E-state index contributed by atoms with van der Waals surface area (Å²) in [6.07, 6.45) is 1.83. The molecule has 1 N–H and O–H groups in total. The molecule has 0 aliphatic heterocycles. The van der Waals surface area contributed by atoms with Crippen LogP contribution in [-0.4, -0.2) is 22.9 Å². The molecular weight excluding hydrogens is 713 g/mol. The molecule has 3 heterocycles. The number of benzene rings is 8. The molecule has 11 aromatic rings. The first-order chi connectivity index (χ1) is 28.7. The number of fused-ring (bicyclic) bond motifs is 10. The highest BCUT2D eigenvalue weighted by Gasteiger charge is 2.19. The zero-order valence-corrected chi connectivity index (χ0v) is 31.1. The predicted octanol–water partition coefficient (Wildman–Crippen LogP) is 13.4. The van der Waals surface area contributed by atoms with Crippen molar-refractivity contribution >= 4 is 83.4 Å². The van der Waals surface area contributed by atoms with Crippen LogP contribution in [0.25, 0.3) is 87.9 Å². The minimum atomic E-state index is 0.101. The van der Waals surface area contributed by atoms with E-state index in [1.54, 1.807) is 0 Å². The average molecular weight is 745 g/mol. The summed E-state index contributed by atoms with van der Waals surface area (Å²) in [5.74, 6) is 0.498. The predicted molar refractivity (Wildman–Crippen MR) is 239 cm³/mol. The summed E-state index contributed by atoms with van der Waals surface area (Å²) in [6.45, 7) is 0. The Balaban J connectivity index is 1.12. The maximum atomic E-state index is 9.28. The van der Waals surface area contributed by atoms with Gasteiger partial charge in [-0.1, -0.05) is 133 Å². The van der Waals surface area contributed by atoms with Crippen LogP contribution in [0.2, 0.25) is 0 Å². The smallest absolute Gasteiger partial charge is 0.161 e. The number of rotatable bonds is 5. The van der Waals surface area contributed by atoms with Gasteiger partial charge in [-0.15, -0.1) is 0 Å². The molecule has 0 fully saturated rings. The second-order valence-corrected chi connectivity index (χ2v) is 14.3. The van der Waals surface area contributed by atoms with Gasteiger partial charge in [0.15, 0.2) is 11.7 Å². The van der Waals surface area contributed by atoms with Crippen molar-refractivity contribution in [2.45, 2.75) is 0 Å². The quantitative estimate of drug-likeness (QED) is 0.108. The van der Waals surface area contributed by atoms with E-state index in [-0.39, 0.29) is 5.84 Å². The van der Waals surface area contributed by atoms with Gasteiger partial charge < -0.3 is 8.83 Å². The van der Waals surface area contributed by atoms with Crippen LogP contribution in [0, 0.1) is 5.41 Å². The highest BCUT2D eigenvalue weighted by molar-refractivity contribution is 6.29. The van der Waals surface area contributed by atoms with Crippen LogP contribution in [0.15, 0.2) is 201 Å². The number of aliphatic imine (C=N–C) groups is 2. The Morgan fingerprint density at radius 3 is 1.81 bits per heavy atom. The molecule has 0 amide bonds. The molecule has 0 radical (unpaired) electrons. The van der Waals surface area contributed by atoms with Gasteiger partial charge in [-0.3, -0.25) is 5.41 Å². The summed E-state index contributed by atoms with van der Waals surface area (Å²) >= 11 is 0. The molecule has 0 saturated carbocycles. The van der Waals surface area contributed by atoms with Crippen molar-refractivity contribution in [2.75, 3.05) is 0 Å². The largest absolute Gasteiger partial charge is 0.456 e. The van der Waals surface area contributed by atoms with E-state index < -0.39 is 0 Å². The molecule has 0 atom stereocenters. The number of furan rings is 2. The standard InChI is InChI=1S/C52H32N4O2/c53-51(35-24-22-33(23-25-35)32-12-3-1-4-13-32)56-52(54-31-37-16-11-21-45-47(37)38-17-7-9-19-43(38)57-45)36-26-28-42-41(30-36)48-40(50(55-42)34-14-5-2-6-15-34)27-29-46-49(48)39-18-8-10-20-44(39)58-46/h1-31,53H. The Hall–Kier alpha value is -7.96. The van der Waals surface area contributed by atoms with Crippen LogP contribution in [0.4, 0.5) is 0 Å². The molecule has 11 rings (SSSR count). The monoisotopic (exact) mass is 744 g/mol. The number of aromatic nitrogens is 1. The van der Waals surface area contributed by atoms with Crippen molar-refractivity contribution in [2.24, 2.45) is 9.98 Å². The molecule has 6 heteroatoms. The number of hydrogen-bond donors (Lipinski definition) is 1. The van der Waals surface area contributed by atoms with Crippen LogP contribution >= 0.6 is 0 Å². The summed E-state index contributed by atoms with van der Waals surface area (Å²) in [5, 5.41) is 16.3. The average Bonchev–Trinajstić information content (AvgIpc) is 3.87. The first-order valence-corrected chi connectivity index (χ1v) is 19.2. The van der Waals surface area contributed by atoms with Gasteiger partial charge in [0.25, 0.3) is 0 Å². The van der Waals surface area contributed by atoms with Gasteiger partial charge in [0.1, 0.15) is 22.3 Å². The number of amidine groups is 2. The lowest BCUT2D eigenvalue weighted by molar-refractivity contribution is 0.668. The summed E-state index contributed by atoms with van der Waals surface area (Å²) in [6, 6.07) is 60.9. The maximum absolute atomic E-state index is 9.28. The zero-order chi connectivity index (χ0) is 38.6. The minimum absolute atomic E-state index is 0.101. The third-order valence-corrected chi connectivity index (χ3v) is 10.8. The lowest BCUT2D eigenvalue weighted by Crippen LogP contribution is -2.05. The van der Waals surface area contributed by atoms with Crippen LogP contribution < -0.4 is 0 Å². The normalized spacial score (nSPS) is 12.2. The van der Waals surface area contributed by atoms with Gasteiger partial charge in [0, 0.05) is 66.2 Å². The van der Waals surface area contributed by atoms with Gasteiger partial charge in [-0.25, -0.2) is 15.0 Å². The van der Waals surface area contributed by atoms with Gasteiger partial charge in [-0.05, 0) is 59.7 Å². The van der Waals surface area contributed by atoms with E-state index in [9.17, 15) is 5.41 Å². The lowest BCUT2D eigenvalue weighted by Gasteiger charge is -2.13. The Bertz CT molecular complexity index is 3450. The molecule has 0 aliphatic carbocycles. The molecule has 0 spiro atoms. The van der Waals surface area contributed by atoms with Gasteiger partial charge in [0.05, 0.1) is 11.2 Å². The zero-order valence-electron chi connectivity index (χ0n) is 31.1. The van der Waals surface area contributed by atoms with E-state index in [1.165, 1.54) is 0 Å². The molecule has 8 aromatic carbocycles. The van der Waals surface area contributed by atoms with Gasteiger partial charge >= 0.3 is 0 Å². The van der Waals surface area contributed by atoms with E-state index in [0.29, 0.717) is 11.4 Å². The van der Waals surface area contributed by atoms with E-state index >= 15 is 0 Å². The molecule has 3 aromatic heterocycles. The molecule has 0 aliphatic rings. The number of para-hydroxylation sites is 2. The second-order valence-electron chi connectivity index (χ2n) is 14.3. The van der Waals surface area contributed by atoms with Crippen molar-refractivity contribution in [3.8, 4) is 22.4 Å². The fourth-order valence-electron chi connectivity index (χ4n) is 8.09. The molecular formula is C52H32N4O2. The lowest BCUT2D eigenvalue weighted by atomic mass is 9.95. The highest BCUT2D eigenvalue weighted by Crippen LogP contribution is 2.41. The third-order valence-electron chi connectivity index (χ3n) is 10.8. The Labute approximate surface area is 332 Å². The Kier molecular flexibility index (Phi) is 7.86. The van der Waals surface area contributed by atoms with Crippen molar-refractivity contribution in [1.29, 1.82) is 5.41 Å². The van der Waals surface area contributed by atoms with E-state index in [0.717, 1.165) is 99.1 Å². The molecule has 272 valence electrons. The number of nitrogens with one attached hydrogen (secondary N) is 1. The van der Waals surface area contributed by atoms with Crippen molar-refractivity contribution < 1.29 is 8.83 Å². The van der Waals surface area contributed by atoms with Crippen LogP contribution in [0.1, 0.15) is 16.7 Å². The third kappa shape index (κ3) is 5.66. The SMILES string of the molecule is N=C(N=C(N=Cc1cccc2oc3ccccc3c12)c1ccc2nc(-c3ccccc3)c3ccc4oc5ccccc5c4c3c2c1)c1ccc(-c2ccccc2)cc1. The summed E-state index contributed by atoms with van der Waals surface area (Å²) in [5.41, 5.74) is 10.5. The van der Waals surface area contributed by atoms with E-state index in [2.05, 4.69) is 48.5 Å². The Morgan fingerprint density at radius 2 is 1.07 bits per heavy atom. The first kappa shape index (κ1) is 33.4. The summed E-state index contributed by atoms with van der Waals surface area (Å²) in [4.78, 5) is 15.3. The number of pyridine rings is 1. The second kappa shape index (κ2) is 13.7. The van der Waals surface area contributed by atoms with Crippen molar-refractivity contribution in [3.63, 3.8) is 0 Å². The van der Waals surface area contributed by atoms with Gasteiger partial charge in [-0.2, -0.15) is 0 Å². The van der Waals surface area contributed by atoms with Gasteiger partial charge in [0.2, 0.25) is 0 Å². The molecule has 0 saturated heterocycles. The molecule has 6 nitrogen and oxygen atoms in total. The minimum Gasteiger partial charge on any atom is -0.456 e. The first-order valence-electron chi connectivity index (χ1n) is 19.2. The fourth-order valence-corrected chi connectivity index (χ4v) is 8.09. The van der Waals surface area contributed by atoms with Crippen molar-refractivity contribution in [1.82, 2.24) is 4.98 Å². The molecule has 58 heavy (non-hydrogen) atoms. The van der Waals surface area contributed by atoms with E-state index in [1.807, 2.05) is 140 Å². The van der Waals surface area contributed by atoms with Crippen LogP contribution in [0.3, 0.4) is 0 Å². The molecule has 0 bridgehead atoms. The van der Waals surface area contributed by atoms with Crippen molar-refractivity contribution in [3.05, 3.63) is 199 Å².